The lowest BCUT2D eigenvalue weighted by Crippen LogP contribution is -2.12. The zero-order valence-electron chi connectivity index (χ0n) is 10.7. The Morgan fingerprint density at radius 3 is 2.26 bits per heavy atom. The number of aromatic nitrogens is 1. The van der Waals surface area contributed by atoms with Crippen LogP contribution in [0.1, 0.15) is 11.1 Å². The molecule has 2 rings (SSSR count). The minimum Gasteiger partial charge on any atom is -0.497 e. The molecule has 0 atom stereocenters. The monoisotopic (exact) mass is 300 g/mol. The van der Waals surface area contributed by atoms with Crippen LogP contribution in [0.3, 0.4) is 0 Å². The lowest BCUT2D eigenvalue weighted by atomic mass is 10.2. The van der Waals surface area contributed by atoms with Gasteiger partial charge in [-0.1, -0.05) is 18.2 Å². The standard InChI is InChI=1S/C14H16N2O.2ClH/c1-17-14-6-4-12(5-7-14)9-16-11-13-3-2-8-15-10-13;;/h2-8,10,16H,9,11H2,1H3;2*1H. The number of pyridine rings is 1. The molecule has 104 valence electrons. The van der Waals surface area contributed by atoms with Crippen LogP contribution >= 0.6 is 24.8 Å². The molecule has 0 aliphatic carbocycles. The normalized spacial score (nSPS) is 9.11. The first-order chi connectivity index (χ1) is 8.38. The number of benzene rings is 1. The van der Waals surface area contributed by atoms with Crippen LogP contribution in [-0.2, 0) is 13.1 Å². The van der Waals surface area contributed by atoms with Gasteiger partial charge in [-0.25, -0.2) is 0 Å². The third-order valence-electron chi connectivity index (χ3n) is 2.54. The Labute approximate surface area is 126 Å². The van der Waals surface area contributed by atoms with Crippen molar-refractivity contribution in [3.63, 3.8) is 0 Å². The lowest BCUT2D eigenvalue weighted by Gasteiger charge is -2.05. The summed E-state index contributed by atoms with van der Waals surface area (Å²) in [6.45, 7) is 1.68. The van der Waals surface area contributed by atoms with E-state index in [-0.39, 0.29) is 24.8 Å². The van der Waals surface area contributed by atoms with E-state index in [1.165, 1.54) is 11.1 Å². The average Bonchev–Trinajstić information content (AvgIpc) is 2.41. The topological polar surface area (TPSA) is 34.1 Å². The summed E-state index contributed by atoms with van der Waals surface area (Å²) in [7, 11) is 1.68. The van der Waals surface area contributed by atoms with Gasteiger partial charge in [0.2, 0.25) is 0 Å². The predicted octanol–water partition coefficient (Wildman–Crippen LogP) is 3.22. The molecule has 0 amide bonds. The van der Waals surface area contributed by atoms with E-state index < -0.39 is 0 Å². The van der Waals surface area contributed by atoms with Crippen molar-refractivity contribution in [1.82, 2.24) is 10.3 Å². The maximum atomic E-state index is 5.11. The van der Waals surface area contributed by atoms with Crippen LogP contribution in [0.25, 0.3) is 0 Å². The van der Waals surface area contributed by atoms with Crippen molar-refractivity contribution in [1.29, 1.82) is 0 Å². The molecule has 1 heterocycles. The van der Waals surface area contributed by atoms with Gasteiger partial charge < -0.3 is 10.1 Å². The van der Waals surface area contributed by atoms with Crippen LogP contribution in [-0.4, -0.2) is 12.1 Å². The van der Waals surface area contributed by atoms with Crippen LogP contribution in [0.4, 0.5) is 0 Å². The van der Waals surface area contributed by atoms with E-state index in [0.717, 1.165) is 18.8 Å². The summed E-state index contributed by atoms with van der Waals surface area (Å²) in [6.07, 6.45) is 3.66. The molecule has 0 bridgehead atoms. The Bertz CT molecular complexity index is 449. The second kappa shape index (κ2) is 9.62. The highest BCUT2D eigenvalue weighted by molar-refractivity contribution is 5.85. The molecule has 0 saturated heterocycles. The quantitative estimate of drug-likeness (QED) is 0.920. The number of rotatable bonds is 5. The van der Waals surface area contributed by atoms with Crippen molar-refractivity contribution in [3.8, 4) is 5.75 Å². The first kappa shape index (κ1) is 17.7. The van der Waals surface area contributed by atoms with Gasteiger partial charge in [0.25, 0.3) is 0 Å². The van der Waals surface area contributed by atoms with Crippen LogP contribution in [0, 0.1) is 0 Å². The molecule has 1 N–H and O–H groups in total. The van der Waals surface area contributed by atoms with Crippen molar-refractivity contribution < 1.29 is 4.74 Å². The molecule has 0 radical (unpaired) electrons. The van der Waals surface area contributed by atoms with Gasteiger partial charge in [-0.3, -0.25) is 4.98 Å². The molecule has 1 aromatic carbocycles. The molecule has 3 nitrogen and oxygen atoms in total. The molecule has 0 fully saturated rings. The van der Waals surface area contributed by atoms with E-state index in [0.29, 0.717) is 0 Å². The van der Waals surface area contributed by atoms with Crippen molar-refractivity contribution in [2.75, 3.05) is 7.11 Å². The first-order valence-corrected chi connectivity index (χ1v) is 5.61. The molecule has 5 heteroatoms. The van der Waals surface area contributed by atoms with Gasteiger partial charge >= 0.3 is 0 Å². The predicted molar refractivity (Wildman–Crippen MR) is 82.3 cm³/mol. The molecule has 2 aromatic rings. The second-order valence-corrected chi connectivity index (χ2v) is 3.81. The SMILES string of the molecule is COc1ccc(CNCc2cccnc2)cc1.Cl.Cl. The maximum absolute atomic E-state index is 5.11. The lowest BCUT2D eigenvalue weighted by molar-refractivity contribution is 0.414. The van der Waals surface area contributed by atoms with Crippen LogP contribution in [0.15, 0.2) is 48.8 Å². The van der Waals surface area contributed by atoms with E-state index in [4.69, 9.17) is 4.74 Å². The zero-order chi connectivity index (χ0) is 11.9. The van der Waals surface area contributed by atoms with Crippen molar-refractivity contribution in [2.45, 2.75) is 13.1 Å². The summed E-state index contributed by atoms with van der Waals surface area (Å²) in [5, 5.41) is 3.37. The highest BCUT2D eigenvalue weighted by Crippen LogP contribution is 2.11. The molecule has 0 aliphatic heterocycles. The van der Waals surface area contributed by atoms with E-state index in [1.54, 1.807) is 13.3 Å². The molecule has 0 spiro atoms. The molecule has 1 aromatic heterocycles. The number of methoxy groups -OCH3 is 1. The number of nitrogens with one attached hydrogen (secondary N) is 1. The smallest absolute Gasteiger partial charge is 0.118 e. The number of nitrogens with zero attached hydrogens (tertiary/aromatic N) is 1. The number of hydrogen-bond acceptors (Lipinski definition) is 3. The van der Waals surface area contributed by atoms with Gasteiger partial charge in [-0.15, -0.1) is 24.8 Å². The Balaban J connectivity index is 0.00000162. The van der Waals surface area contributed by atoms with Gasteiger partial charge in [-0.2, -0.15) is 0 Å². The zero-order valence-corrected chi connectivity index (χ0v) is 12.3. The maximum Gasteiger partial charge on any atom is 0.118 e. The van der Waals surface area contributed by atoms with Crippen molar-refractivity contribution >= 4 is 24.8 Å². The fourth-order valence-corrected chi connectivity index (χ4v) is 1.60. The largest absolute Gasteiger partial charge is 0.497 e. The van der Waals surface area contributed by atoms with E-state index in [1.807, 2.05) is 24.4 Å². The van der Waals surface area contributed by atoms with Gasteiger partial charge in [0.15, 0.2) is 0 Å². The second-order valence-electron chi connectivity index (χ2n) is 3.81. The van der Waals surface area contributed by atoms with Crippen LogP contribution in [0.2, 0.25) is 0 Å². The third kappa shape index (κ3) is 5.92. The Morgan fingerprint density at radius 2 is 1.68 bits per heavy atom. The summed E-state index contributed by atoms with van der Waals surface area (Å²) in [5.41, 5.74) is 2.44. The highest BCUT2D eigenvalue weighted by atomic mass is 35.5. The third-order valence-corrected chi connectivity index (χ3v) is 2.54. The Hall–Kier alpha value is -1.29. The molecular formula is C14H18Cl2N2O. The fraction of sp³-hybridized carbons (Fsp3) is 0.214. The Kier molecular flexibility index (Phi) is 8.96. The van der Waals surface area contributed by atoms with E-state index >= 15 is 0 Å². The summed E-state index contributed by atoms with van der Waals surface area (Å²) in [6, 6.07) is 12.1. The van der Waals surface area contributed by atoms with Gasteiger partial charge in [0.05, 0.1) is 7.11 Å². The van der Waals surface area contributed by atoms with Gasteiger partial charge in [0, 0.05) is 25.5 Å². The minimum atomic E-state index is 0. The number of hydrogen-bond donors (Lipinski definition) is 1. The molecule has 19 heavy (non-hydrogen) atoms. The van der Waals surface area contributed by atoms with Crippen molar-refractivity contribution in [3.05, 3.63) is 59.9 Å². The molecule has 0 saturated carbocycles. The average molecular weight is 301 g/mol. The summed E-state index contributed by atoms with van der Waals surface area (Å²) in [4.78, 5) is 4.08. The minimum absolute atomic E-state index is 0. The summed E-state index contributed by atoms with van der Waals surface area (Å²) in [5.74, 6) is 0.890. The first-order valence-electron chi connectivity index (χ1n) is 5.61. The van der Waals surface area contributed by atoms with Gasteiger partial charge in [-0.05, 0) is 29.3 Å². The molecule has 0 aliphatic rings. The fourth-order valence-electron chi connectivity index (χ4n) is 1.60. The summed E-state index contributed by atoms with van der Waals surface area (Å²) < 4.78 is 5.11. The van der Waals surface area contributed by atoms with E-state index in [2.05, 4.69) is 28.5 Å². The number of ether oxygens (including phenoxy) is 1. The highest BCUT2D eigenvalue weighted by Gasteiger charge is 1.95. The summed E-state index contributed by atoms with van der Waals surface area (Å²) >= 11 is 0. The number of halogens is 2. The Morgan fingerprint density at radius 1 is 1.00 bits per heavy atom. The molecular weight excluding hydrogens is 283 g/mol. The molecule has 0 unspecified atom stereocenters. The van der Waals surface area contributed by atoms with Gasteiger partial charge in [0.1, 0.15) is 5.75 Å². The van der Waals surface area contributed by atoms with Crippen molar-refractivity contribution in [2.24, 2.45) is 0 Å². The van der Waals surface area contributed by atoms with E-state index in [9.17, 15) is 0 Å². The van der Waals surface area contributed by atoms with Crippen LogP contribution < -0.4 is 10.1 Å². The van der Waals surface area contributed by atoms with Crippen LogP contribution in [0.5, 0.6) is 5.75 Å².